The maximum absolute atomic E-state index is 12.6. The van der Waals surface area contributed by atoms with Gasteiger partial charge in [0.1, 0.15) is 29.1 Å². The molecular weight excluding hydrogens is 811 g/mol. The molecule has 21 heteroatoms. The van der Waals surface area contributed by atoms with E-state index in [1.165, 1.54) is 11.9 Å². The Labute approximate surface area is 363 Å². The van der Waals surface area contributed by atoms with Crippen LogP contribution in [0.5, 0.6) is 0 Å². The summed E-state index contributed by atoms with van der Waals surface area (Å²) >= 11 is 0. The quantitative estimate of drug-likeness (QED) is 0.0714. The highest BCUT2D eigenvalue weighted by molar-refractivity contribution is 5.99. The summed E-state index contributed by atoms with van der Waals surface area (Å²) < 4.78 is 24.0. The number of amides is 1. The molecule has 6 N–H and O–H groups in total. The van der Waals surface area contributed by atoms with Crippen molar-refractivity contribution in [1.82, 2.24) is 55.3 Å². The van der Waals surface area contributed by atoms with Gasteiger partial charge in [-0.25, -0.2) is 34.6 Å². The van der Waals surface area contributed by atoms with E-state index >= 15 is 0 Å². The molecule has 332 valence electrons. The Bertz CT molecular complexity index is 2470. The van der Waals surface area contributed by atoms with E-state index in [1.807, 2.05) is 23.0 Å². The summed E-state index contributed by atoms with van der Waals surface area (Å²) in [7, 11) is 0. The Balaban J connectivity index is 0.625. The maximum Gasteiger partial charge on any atom is 0.292 e. The van der Waals surface area contributed by atoms with E-state index in [0.717, 1.165) is 82.2 Å². The van der Waals surface area contributed by atoms with Gasteiger partial charge in [0.05, 0.1) is 56.3 Å². The number of aromatic nitrogens is 9. The number of nitrogen functional groups attached to an aromatic ring is 2. The summed E-state index contributed by atoms with van der Waals surface area (Å²) in [6, 6.07) is 5.63. The lowest BCUT2D eigenvalue weighted by atomic mass is 10.1. The van der Waals surface area contributed by atoms with Crippen LogP contribution in [0.15, 0.2) is 47.5 Å². The van der Waals surface area contributed by atoms with Crippen LogP contribution in [0.4, 0.5) is 23.7 Å². The standard InChI is InChI=1S/C42H53N15O6/c43-37-35-36(28-5-6-34-33(22-28)52-40(44)63-34)54-57(38(35)51-27-50-37)11-3-1-2-4-31(58)8-16-60-18-20-62-21-19-61-17-10-46-39(59)30-25-47-41(48-26-30)55-12-14-56(15-13-55)42-49-24-29-23-45-9-7-32(29)53-42/h5-6,22,24-27,45H,1-4,7-21,23H2,(H2,44,52)(H,46,59)(H2,43,50,51). The second kappa shape index (κ2) is 21.1. The SMILES string of the molecule is Nc1nc2cc(-c3nn(CCCCCC(=O)CCOCCOCCOCCNC(=O)c4cnc(N5CCN(c6ncc7c(n6)CCNC7)CC5)nc4)c4ncnc(N)c34)ccc2o1. The number of hydrogen-bond donors (Lipinski definition) is 4. The molecule has 6 aromatic rings. The van der Waals surface area contributed by atoms with E-state index in [0.29, 0.717) is 111 Å². The number of ketones is 1. The van der Waals surface area contributed by atoms with Crippen LogP contribution in [0.1, 0.15) is 53.7 Å². The molecule has 21 nitrogen and oxygen atoms in total. The third-order valence-electron chi connectivity index (χ3n) is 10.9. The second-order valence-electron chi connectivity index (χ2n) is 15.3. The van der Waals surface area contributed by atoms with Crippen molar-refractivity contribution in [2.75, 3.05) is 100 Å². The number of aryl methyl sites for hydroxylation is 1. The van der Waals surface area contributed by atoms with Crippen LogP contribution in [0.25, 0.3) is 33.4 Å². The summed E-state index contributed by atoms with van der Waals surface area (Å²) in [5.74, 6) is 1.62. The van der Waals surface area contributed by atoms with Crippen molar-refractivity contribution in [3.63, 3.8) is 0 Å². The number of oxazole rings is 1. The fraction of sp³-hybridized carbons (Fsp3) is 0.476. The lowest BCUT2D eigenvalue weighted by Crippen LogP contribution is -2.48. The van der Waals surface area contributed by atoms with E-state index in [9.17, 15) is 9.59 Å². The van der Waals surface area contributed by atoms with Crippen LogP contribution in [0.2, 0.25) is 0 Å². The zero-order chi connectivity index (χ0) is 43.4. The molecule has 7 heterocycles. The van der Waals surface area contributed by atoms with Gasteiger partial charge in [-0.1, -0.05) is 6.42 Å². The average molecular weight is 864 g/mol. The number of carbonyl (C=O) groups excluding carboxylic acids is 2. The number of benzene rings is 1. The number of nitrogens with one attached hydrogen (secondary N) is 2. The third kappa shape index (κ3) is 11.2. The van der Waals surface area contributed by atoms with Crippen molar-refractivity contribution in [3.8, 4) is 11.3 Å². The van der Waals surface area contributed by atoms with Crippen molar-refractivity contribution in [2.24, 2.45) is 0 Å². The summed E-state index contributed by atoms with van der Waals surface area (Å²) in [6.07, 6.45) is 10.7. The van der Waals surface area contributed by atoms with Gasteiger partial charge in [0, 0.05) is 101 Å². The van der Waals surface area contributed by atoms with Gasteiger partial charge in [-0.05, 0) is 31.0 Å². The first-order valence-electron chi connectivity index (χ1n) is 21.4. The Kier molecular flexibility index (Phi) is 14.5. The minimum Gasteiger partial charge on any atom is -0.424 e. The predicted molar refractivity (Wildman–Crippen MR) is 234 cm³/mol. The predicted octanol–water partition coefficient (Wildman–Crippen LogP) is 2.35. The lowest BCUT2D eigenvalue weighted by Gasteiger charge is -2.35. The summed E-state index contributed by atoms with van der Waals surface area (Å²) in [5, 5.41) is 11.7. The molecule has 0 unspecified atom stereocenters. The molecule has 2 aliphatic rings. The van der Waals surface area contributed by atoms with E-state index in [4.69, 9.17) is 40.2 Å². The number of Topliss-reactive ketones (excluding diaryl/α,β-unsaturated/α-hetero) is 1. The highest BCUT2D eigenvalue weighted by Gasteiger charge is 2.23. The van der Waals surface area contributed by atoms with Crippen LogP contribution >= 0.6 is 0 Å². The van der Waals surface area contributed by atoms with E-state index in [-0.39, 0.29) is 17.7 Å². The molecule has 5 aromatic heterocycles. The number of rotatable bonds is 22. The molecule has 0 radical (unpaired) electrons. The summed E-state index contributed by atoms with van der Waals surface area (Å²) in [6.45, 7) is 7.96. The van der Waals surface area contributed by atoms with Gasteiger partial charge in [-0.15, -0.1) is 0 Å². The van der Waals surface area contributed by atoms with Gasteiger partial charge >= 0.3 is 0 Å². The molecular formula is C42H53N15O6. The monoisotopic (exact) mass is 863 g/mol. The number of nitrogens with two attached hydrogens (primary N) is 2. The zero-order valence-corrected chi connectivity index (χ0v) is 35.2. The number of anilines is 4. The van der Waals surface area contributed by atoms with Gasteiger partial charge < -0.3 is 50.5 Å². The highest BCUT2D eigenvalue weighted by Crippen LogP contribution is 2.32. The van der Waals surface area contributed by atoms with Crippen molar-refractivity contribution >= 4 is 57.6 Å². The highest BCUT2D eigenvalue weighted by atomic mass is 16.5. The van der Waals surface area contributed by atoms with Gasteiger partial charge in [-0.3, -0.25) is 9.59 Å². The second-order valence-corrected chi connectivity index (χ2v) is 15.3. The first kappa shape index (κ1) is 43.2. The topological polar surface area (TPSA) is 266 Å². The van der Waals surface area contributed by atoms with Crippen LogP contribution < -0.4 is 31.9 Å². The minimum absolute atomic E-state index is 0.0978. The first-order chi connectivity index (χ1) is 30.9. The molecule has 0 saturated carbocycles. The largest absolute Gasteiger partial charge is 0.424 e. The number of nitrogens with zero attached hydrogens (tertiary/aromatic N) is 11. The van der Waals surface area contributed by atoms with E-state index < -0.39 is 0 Å². The Hall–Kier alpha value is -6.42. The number of piperazine rings is 1. The van der Waals surface area contributed by atoms with Gasteiger partial charge in [0.25, 0.3) is 11.9 Å². The minimum atomic E-state index is -0.260. The molecule has 1 amide bonds. The van der Waals surface area contributed by atoms with Crippen LogP contribution in [-0.2, 0) is 38.5 Å². The van der Waals surface area contributed by atoms with Crippen molar-refractivity contribution < 1.29 is 28.2 Å². The molecule has 0 atom stereocenters. The molecule has 1 aromatic carbocycles. The Morgan fingerprint density at radius 2 is 1.56 bits per heavy atom. The fourth-order valence-corrected chi connectivity index (χ4v) is 7.52. The molecule has 8 rings (SSSR count). The summed E-state index contributed by atoms with van der Waals surface area (Å²) in [4.78, 5) is 60.5. The maximum atomic E-state index is 12.6. The van der Waals surface area contributed by atoms with E-state index in [1.54, 1.807) is 18.5 Å². The Morgan fingerprint density at radius 1 is 0.810 bits per heavy atom. The molecule has 0 bridgehead atoms. The smallest absolute Gasteiger partial charge is 0.292 e. The Morgan fingerprint density at radius 3 is 2.37 bits per heavy atom. The number of fused-ring (bicyclic) bond motifs is 3. The van der Waals surface area contributed by atoms with Crippen molar-refractivity contribution in [1.29, 1.82) is 0 Å². The van der Waals surface area contributed by atoms with Crippen LogP contribution in [0.3, 0.4) is 0 Å². The van der Waals surface area contributed by atoms with Gasteiger partial charge in [0.15, 0.2) is 11.2 Å². The number of hydrogen-bond acceptors (Lipinski definition) is 19. The first-order valence-corrected chi connectivity index (χ1v) is 21.4. The number of carbonyl (C=O) groups is 2. The molecule has 1 fully saturated rings. The van der Waals surface area contributed by atoms with Crippen molar-refractivity contribution in [3.05, 3.63) is 59.9 Å². The van der Waals surface area contributed by atoms with E-state index in [2.05, 4.69) is 50.3 Å². The van der Waals surface area contributed by atoms with Crippen LogP contribution in [0, 0.1) is 0 Å². The molecule has 2 aliphatic heterocycles. The zero-order valence-electron chi connectivity index (χ0n) is 35.2. The molecule has 0 spiro atoms. The van der Waals surface area contributed by atoms with Gasteiger partial charge in [-0.2, -0.15) is 10.1 Å². The average Bonchev–Trinajstić information content (AvgIpc) is 3.88. The molecule has 63 heavy (non-hydrogen) atoms. The molecule has 0 aliphatic carbocycles. The third-order valence-corrected chi connectivity index (χ3v) is 10.9. The van der Waals surface area contributed by atoms with Gasteiger partial charge in [0.2, 0.25) is 11.9 Å². The number of unbranched alkanes of at least 4 members (excludes halogenated alkanes) is 2. The normalized spacial score (nSPS) is 14.1. The lowest BCUT2D eigenvalue weighted by molar-refractivity contribution is -0.120. The number of ether oxygens (including phenoxy) is 3. The van der Waals surface area contributed by atoms with Crippen molar-refractivity contribution in [2.45, 2.75) is 51.6 Å². The molecule has 1 saturated heterocycles. The fourth-order valence-electron chi connectivity index (χ4n) is 7.52. The van der Waals surface area contributed by atoms with Crippen LogP contribution in [-0.4, -0.2) is 135 Å². The summed E-state index contributed by atoms with van der Waals surface area (Å²) in [5.41, 5.74) is 18.0.